The van der Waals surface area contributed by atoms with Crippen LogP contribution in [0.15, 0.2) is 90.3 Å². The van der Waals surface area contributed by atoms with E-state index in [4.69, 9.17) is 19.9 Å². The van der Waals surface area contributed by atoms with Crippen molar-refractivity contribution in [1.29, 1.82) is 5.26 Å². The molecule has 7 nitrogen and oxygen atoms in total. The molecule has 1 aromatic heterocycles. The maximum absolute atomic E-state index is 9.97. The van der Waals surface area contributed by atoms with Gasteiger partial charge in [0.05, 0.1) is 23.8 Å². The van der Waals surface area contributed by atoms with Gasteiger partial charge in [-0.05, 0) is 42.8 Å². The lowest BCUT2D eigenvalue weighted by molar-refractivity contribution is 0.306. The summed E-state index contributed by atoms with van der Waals surface area (Å²) in [5.74, 6) is 1.33. The maximum atomic E-state index is 9.97. The van der Waals surface area contributed by atoms with Gasteiger partial charge in [0.25, 0.3) is 0 Å². The van der Waals surface area contributed by atoms with E-state index in [1.165, 1.54) is 0 Å². The van der Waals surface area contributed by atoms with Gasteiger partial charge >= 0.3 is 0 Å². The number of benzene rings is 3. The second-order valence-corrected chi connectivity index (χ2v) is 8.01. The van der Waals surface area contributed by atoms with Gasteiger partial charge in [-0.15, -0.1) is 5.10 Å². The normalized spacial score (nSPS) is 14.6. The Morgan fingerprint density at radius 1 is 1.00 bits per heavy atom. The molecule has 0 saturated heterocycles. The van der Waals surface area contributed by atoms with E-state index < -0.39 is 5.92 Å². The van der Waals surface area contributed by atoms with Gasteiger partial charge in [-0.1, -0.05) is 48.5 Å². The number of nitrogens with two attached hydrogens (primary N) is 1. The third-order valence-electron chi connectivity index (χ3n) is 5.86. The molecule has 35 heavy (non-hydrogen) atoms. The molecular weight excluding hydrogens is 440 g/mol. The number of nitrogens with one attached hydrogen (secondary N) is 1. The molecule has 0 saturated carbocycles. The summed E-state index contributed by atoms with van der Waals surface area (Å²) >= 11 is 0. The largest absolute Gasteiger partial charge is 0.494 e. The van der Waals surface area contributed by atoms with Gasteiger partial charge in [0.1, 0.15) is 29.7 Å². The molecule has 7 heteroatoms. The summed E-state index contributed by atoms with van der Waals surface area (Å²) < 4.78 is 17.5. The first kappa shape index (κ1) is 22.1. The first-order chi connectivity index (χ1) is 17.2. The zero-order valence-corrected chi connectivity index (χ0v) is 19.2. The Hall–Kier alpha value is -4.70. The van der Waals surface area contributed by atoms with Crippen molar-refractivity contribution >= 4 is 0 Å². The number of H-pyrrole nitrogens is 1. The van der Waals surface area contributed by atoms with Crippen molar-refractivity contribution in [1.82, 2.24) is 10.2 Å². The standard InChI is InChI=1S/C28H24N4O3/c1-2-33-23-11-7-6-10-21(23)24-22(16-29)27(30)35-28-25(24)26(31-32-28)19-12-14-20(15-13-19)34-17-18-8-4-3-5-9-18/h3-15,24H,2,17,30H2,1H3,(H,31,32). The molecule has 0 spiro atoms. The van der Waals surface area contributed by atoms with E-state index in [9.17, 15) is 5.26 Å². The van der Waals surface area contributed by atoms with E-state index >= 15 is 0 Å². The minimum atomic E-state index is -0.491. The number of para-hydroxylation sites is 1. The molecule has 3 aromatic carbocycles. The van der Waals surface area contributed by atoms with E-state index in [1.807, 2.05) is 85.8 Å². The number of hydrogen-bond acceptors (Lipinski definition) is 6. The lowest BCUT2D eigenvalue weighted by Crippen LogP contribution is -2.21. The number of rotatable bonds is 7. The number of allylic oxidation sites excluding steroid dienone is 1. The molecule has 1 atom stereocenters. The Labute approximate surface area is 203 Å². The summed E-state index contributed by atoms with van der Waals surface area (Å²) in [6, 6.07) is 27.6. The summed E-state index contributed by atoms with van der Waals surface area (Å²) in [5.41, 5.74) is 10.7. The Kier molecular flexibility index (Phi) is 6.10. The molecular formula is C28H24N4O3. The molecule has 4 aromatic rings. The highest BCUT2D eigenvalue weighted by atomic mass is 16.5. The molecule has 2 heterocycles. The van der Waals surface area contributed by atoms with Crippen LogP contribution in [0, 0.1) is 11.3 Å². The van der Waals surface area contributed by atoms with Crippen LogP contribution in [-0.4, -0.2) is 16.8 Å². The van der Waals surface area contributed by atoms with Gasteiger partial charge in [0.2, 0.25) is 11.8 Å². The minimum Gasteiger partial charge on any atom is -0.494 e. The number of ether oxygens (including phenoxy) is 3. The van der Waals surface area contributed by atoms with E-state index in [-0.39, 0.29) is 5.88 Å². The molecule has 0 fully saturated rings. The van der Waals surface area contributed by atoms with E-state index in [2.05, 4.69) is 16.3 Å². The predicted molar refractivity (Wildman–Crippen MR) is 132 cm³/mol. The van der Waals surface area contributed by atoms with Gasteiger partial charge in [-0.25, -0.2) is 0 Å². The number of nitriles is 1. The van der Waals surface area contributed by atoms with E-state index in [0.29, 0.717) is 30.4 Å². The Bertz CT molecular complexity index is 1400. The van der Waals surface area contributed by atoms with Crippen LogP contribution in [0.4, 0.5) is 0 Å². The molecule has 0 bridgehead atoms. The zero-order chi connectivity index (χ0) is 24.2. The Morgan fingerprint density at radius 3 is 2.49 bits per heavy atom. The average Bonchev–Trinajstić information content (AvgIpc) is 3.31. The molecule has 5 rings (SSSR count). The maximum Gasteiger partial charge on any atom is 0.244 e. The second-order valence-electron chi connectivity index (χ2n) is 8.01. The van der Waals surface area contributed by atoms with Crippen molar-refractivity contribution in [3.63, 3.8) is 0 Å². The number of aromatic nitrogens is 2. The van der Waals surface area contributed by atoms with E-state index in [1.54, 1.807) is 0 Å². The summed E-state index contributed by atoms with van der Waals surface area (Å²) in [7, 11) is 0. The van der Waals surface area contributed by atoms with Crippen LogP contribution in [-0.2, 0) is 6.61 Å². The van der Waals surface area contributed by atoms with Crippen LogP contribution in [0.5, 0.6) is 17.4 Å². The Balaban J connectivity index is 1.51. The van der Waals surface area contributed by atoms with Gasteiger partial charge in [0.15, 0.2) is 0 Å². The van der Waals surface area contributed by atoms with Crippen molar-refractivity contribution in [3.8, 4) is 34.7 Å². The lowest BCUT2D eigenvalue weighted by Gasteiger charge is -2.25. The first-order valence-electron chi connectivity index (χ1n) is 11.3. The number of nitrogens with zero attached hydrogens (tertiary/aromatic N) is 2. The third-order valence-corrected chi connectivity index (χ3v) is 5.86. The van der Waals surface area contributed by atoms with Gasteiger partial charge < -0.3 is 19.9 Å². The van der Waals surface area contributed by atoms with Crippen LogP contribution in [0.2, 0.25) is 0 Å². The highest BCUT2D eigenvalue weighted by Gasteiger charge is 2.37. The lowest BCUT2D eigenvalue weighted by atomic mass is 9.82. The van der Waals surface area contributed by atoms with Crippen molar-refractivity contribution < 1.29 is 14.2 Å². The fraction of sp³-hybridized carbons (Fsp3) is 0.143. The highest BCUT2D eigenvalue weighted by molar-refractivity contribution is 5.72. The van der Waals surface area contributed by atoms with Crippen LogP contribution < -0.4 is 19.9 Å². The number of aromatic amines is 1. The summed E-state index contributed by atoms with van der Waals surface area (Å²) in [6.07, 6.45) is 0. The van der Waals surface area contributed by atoms with Crippen molar-refractivity contribution in [2.45, 2.75) is 19.4 Å². The van der Waals surface area contributed by atoms with Crippen LogP contribution in [0.3, 0.4) is 0 Å². The average molecular weight is 465 g/mol. The first-order valence-corrected chi connectivity index (χ1v) is 11.3. The molecule has 1 aliphatic heterocycles. The molecule has 1 aliphatic rings. The van der Waals surface area contributed by atoms with Gasteiger partial charge in [-0.3, -0.25) is 5.10 Å². The third kappa shape index (κ3) is 4.30. The monoisotopic (exact) mass is 464 g/mol. The van der Waals surface area contributed by atoms with E-state index in [0.717, 1.165) is 33.7 Å². The molecule has 174 valence electrons. The van der Waals surface area contributed by atoms with Crippen LogP contribution >= 0.6 is 0 Å². The topological polar surface area (TPSA) is 106 Å². The SMILES string of the molecule is CCOc1ccccc1C1C(C#N)=C(N)Oc2n[nH]c(-c3ccc(OCc4ccccc4)cc3)c21. The van der Waals surface area contributed by atoms with Crippen LogP contribution in [0.1, 0.15) is 29.5 Å². The summed E-state index contributed by atoms with van der Waals surface area (Å²) in [4.78, 5) is 0. The number of hydrogen-bond donors (Lipinski definition) is 2. The smallest absolute Gasteiger partial charge is 0.244 e. The molecule has 0 amide bonds. The van der Waals surface area contributed by atoms with Crippen molar-refractivity contribution in [3.05, 3.63) is 107 Å². The molecule has 0 aliphatic carbocycles. The molecule has 0 radical (unpaired) electrons. The fourth-order valence-corrected chi connectivity index (χ4v) is 4.24. The van der Waals surface area contributed by atoms with Crippen LogP contribution in [0.25, 0.3) is 11.3 Å². The van der Waals surface area contributed by atoms with Crippen molar-refractivity contribution in [2.24, 2.45) is 5.73 Å². The minimum absolute atomic E-state index is 0.0408. The fourth-order valence-electron chi connectivity index (χ4n) is 4.24. The number of fused-ring (bicyclic) bond motifs is 1. The van der Waals surface area contributed by atoms with Gasteiger partial charge in [0, 0.05) is 11.1 Å². The summed E-state index contributed by atoms with van der Waals surface area (Å²) in [6.45, 7) is 2.91. The molecule has 1 unspecified atom stereocenters. The Morgan fingerprint density at radius 2 is 1.74 bits per heavy atom. The second kappa shape index (κ2) is 9.65. The zero-order valence-electron chi connectivity index (χ0n) is 19.2. The molecule has 3 N–H and O–H groups in total. The predicted octanol–water partition coefficient (Wildman–Crippen LogP) is 5.27. The van der Waals surface area contributed by atoms with Crippen molar-refractivity contribution in [2.75, 3.05) is 6.61 Å². The highest BCUT2D eigenvalue weighted by Crippen LogP contribution is 2.47. The summed E-state index contributed by atoms with van der Waals surface area (Å²) in [5, 5.41) is 17.4. The van der Waals surface area contributed by atoms with Gasteiger partial charge in [-0.2, -0.15) is 5.26 Å². The quantitative estimate of drug-likeness (QED) is 0.386.